The first-order chi connectivity index (χ1) is 8.27. The zero-order chi connectivity index (χ0) is 11.8. The van der Waals surface area contributed by atoms with Gasteiger partial charge in [-0.05, 0) is 18.4 Å². The number of hydrogen-bond donors (Lipinski definition) is 0. The van der Waals surface area contributed by atoms with Crippen LogP contribution in [0.2, 0.25) is 0 Å². The van der Waals surface area contributed by atoms with Crippen molar-refractivity contribution in [2.24, 2.45) is 0 Å². The molecule has 0 unspecified atom stereocenters. The maximum Gasteiger partial charge on any atom is 0.161 e. The highest BCUT2D eigenvalue weighted by Crippen LogP contribution is 2.25. The van der Waals surface area contributed by atoms with Crippen molar-refractivity contribution in [2.45, 2.75) is 6.92 Å². The van der Waals surface area contributed by atoms with Crippen LogP contribution in [0, 0.1) is 0 Å². The second-order valence-electron chi connectivity index (χ2n) is 4.10. The molecule has 0 saturated heterocycles. The minimum atomic E-state index is 0.0541. The summed E-state index contributed by atoms with van der Waals surface area (Å²) in [4.78, 5) is 16.0. The summed E-state index contributed by atoms with van der Waals surface area (Å²) in [5.74, 6) is 0.0541. The number of fused-ring (bicyclic) bond motifs is 3. The Balaban J connectivity index is 2.52. The van der Waals surface area contributed by atoms with Gasteiger partial charge in [-0.2, -0.15) is 0 Å². The Morgan fingerprint density at radius 3 is 2.59 bits per heavy atom. The van der Waals surface area contributed by atoms with E-state index in [9.17, 15) is 4.79 Å². The van der Waals surface area contributed by atoms with Crippen LogP contribution in [0.4, 0.5) is 0 Å². The normalized spacial score (nSPS) is 10.9. The third-order valence-corrected chi connectivity index (χ3v) is 3.00. The molecular formula is C15H11NO. The standard InChI is InChI=1S/C15H11NO/c1-10(17)12-7-4-8-14-13-6-3-2-5-11(13)9-16-15(12)14/h2-9H,1H3. The highest BCUT2D eigenvalue weighted by molar-refractivity contribution is 6.13. The highest BCUT2D eigenvalue weighted by atomic mass is 16.1. The van der Waals surface area contributed by atoms with Gasteiger partial charge in [-0.1, -0.05) is 36.4 Å². The summed E-state index contributed by atoms with van der Waals surface area (Å²) in [7, 11) is 0. The molecule has 2 aromatic carbocycles. The third kappa shape index (κ3) is 1.49. The summed E-state index contributed by atoms with van der Waals surface area (Å²) >= 11 is 0. The number of para-hydroxylation sites is 1. The average Bonchev–Trinajstić information content (AvgIpc) is 2.37. The minimum absolute atomic E-state index is 0.0541. The zero-order valence-electron chi connectivity index (χ0n) is 9.47. The summed E-state index contributed by atoms with van der Waals surface area (Å²) in [6, 6.07) is 13.8. The molecule has 0 spiro atoms. The van der Waals surface area contributed by atoms with Crippen molar-refractivity contribution < 1.29 is 4.79 Å². The van der Waals surface area contributed by atoms with Gasteiger partial charge in [0, 0.05) is 22.5 Å². The summed E-state index contributed by atoms with van der Waals surface area (Å²) in [5.41, 5.74) is 1.48. The summed E-state index contributed by atoms with van der Waals surface area (Å²) < 4.78 is 0. The van der Waals surface area contributed by atoms with Crippen molar-refractivity contribution in [3.05, 3.63) is 54.2 Å². The second-order valence-corrected chi connectivity index (χ2v) is 4.10. The van der Waals surface area contributed by atoms with E-state index in [0.29, 0.717) is 5.56 Å². The van der Waals surface area contributed by atoms with Gasteiger partial charge in [0.1, 0.15) is 0 Å². The molecule has 0 fully saturated rings. The van der Waals surface area contributed by atoms with E-state index in [-0.39, 0.29) is 5.78 Å². The lowest BCUT2D eigenvalue weighted by Gasteiger charge is -2.05. The van der Waals surface area contributed by atoms with Gasteiger partial charge in [-0.3, -0.25) is 9.78 Å². The summed E-state index contributed by atoms with van der Waals surface area (Å²) in [5, 5.41) is 3.28. The van der Waals surface area contributed by atoms with Gasteiger partial charge in [-0.25, -0.2) is 0 Å². The van der Waals surface area contributed by atoms with Gasteiger partial charge >= 0.3 is 0 Å². The van der Waals surface area contributed by atoms with Crippen LogP contribution in [-0.4, -0.2) is 10.8 Å². The number of aromatic nitrogens is 1. The summed E-state index contributed by atoms with van der Waals surface area (Å²) in [6.45, 7) is 1.58. The third-order valence-electron chi connectivity index (χ3n) is 3.00. The lowest BCUT2D eigenvalue weighted by Crippen LogP contribution is -1.95. The molecule has 2 heteroatoms. The first-order valence-corrected chi connectivity index (χ1v) is 5.55. The molecule has 0 saturated carbocycles. The van der Waals surface area contributed by atoms with E-state index in [1.807, 2.05) is 42.6 Å². The fraction of sp³-hybridized carbons (Fsp3) is 0.0667. The number of benzene rings is 2. The Morgan fingerprint density at radius 1 is 1.00 bits per heavy atom. The molecule has 0 aliphatic rings. The van der Waals surface area contributed by atoms with Crippen LogP contribution >= 0.6 is 0 Å². The number of pyridine rings is 1. The molecular weight excluding hydrogens is 210 g/mol. The van der Waals surface area contributed by atoms with Crippen LogP contribution in [-0.2, 0) is 0 Å². The monoisotopic (exact) mass is 221 g/mol. The van der Waals surface area contributed by atoms with Crippen molar-refractivity contribution in [2.75, 3.05) is 0 Å². The van der Waals surface area contributed by atoms with E-state index in [0.717, 1.165) is 21.7 Å². The van der Waals surface area contributed by atoms with Gasteiger partial charge in [0.15, 0.2) is 5.78 Å². The Morgan fingerprint density at radius 2 is 1.76 bits per heavy atom. The van der Waals surface area contributed by atoms with Crippen LogP contribution in [0.25, 0.3) is 21.7 Å². The number of hydrogen-bond acceptors (Lipinski definition) is 2. The average molecular weight is 221 g/mol. The molecule has 0 aliphatic heterocycles. The molecule has 1 aromatic heterocycles. The number of carbonyl (C=O) groups is 1. The molecule has 82 valence electrons. The van der Waals surface area contributed by atoms with Crippen molar-refractivity contribution in [3.63, 3.8) is 0 Å². The highest BCUT2D eigenvalue weighted by Gasteiger charge is 2.08. The second kappa shape index (κ2) is 3.67. The van der Waals surface area contributed by atoms with Gasteiger partial charge in [0.2, 0.25) is 0 Å². The van der Waals surface area contributed by atoms with Crippen molar-refractivity contribution in [1.29, 1.82) is 0 Å². The lowest BCUT2D eigenvalue weighted by molar-refractivity contribution is 0.101. The Bertz CT molecular complexity index is 731. The van der Waals surface area contributed by atoms with Crippen molar-refractivity contribution in [1.82, 2.24) is 4.98 Å². The lowest BCUT2D eigenvalue weighted by atomic mass is 10.0. The van der Waals surface area contributed by atoms with Crippen LogP contribution in [0.5, 0.6) is 0 Å². The molecule has 0 radical (unpaired) electrons. The van der Waals surface area contributed by atoms with E-state index in [2.05, 4.69) is 11.1 Å². The molecule has 17 heavy (non-hydrogen) atoms. The van der Waals surface area contributed by atoms with Gasteiger partial charge < -0.3 is 0 Å². The molecule has 0 amide bonds. The van der Waals surface area contributed by atoms with Gasteiger partial charge in [-0.15, -0.1) is 0 Å². The first kappa shape index (κ1) is 9.97. The number of nitrogens with zero attached hydrogens (tertiary/aromatic N) is 1. The number of carbonyl (C=O) groups excluding carboxylic acids is 1. The first-order valence-electron chi connectivity index (χ1n) is 5.55. The molecule has 0 N–H and O–H groups in total. The predicted molar refractivity (Wildman–Crippen MR) is 69.3 cm³/mol. The Hall–Kier alpha value is -2.22. The van der Waals surface area contributed by atoms with Gasteiger partial charge in [0.25, 0.3) is 0 Å². The molecule has 2 nitrogen and oxygen atoms in total. The maximum atomic E-state index is 11.6. The summed E-state index contributed by atoms with van der Waals surface area (Å²) in [6.07, 6.45) is 1.82. The smallest absolute Gasteiger partial charge is 0.161 e. The fourth-order valence-corrected chi connectivity index (χ4v) is 2.17. The molecule has 0 aliphatic carbocycles. The SMILES string of the molecule is CC(=O)c1cccc2c1ncc1ccccc12. The van der Waals surface area contributed by atoms with E-state index in [1.165, 1.54) is 0 Å². The largest absolute Gasteiger partial charge is 0.294 e. The molecule has 3 aromatic rings. The van der Waals surface area contributed by atoms with Crippen molar-refractivity contribution >= 4 is 27.5 Å². The van der Waals surface area contributed by atoms with E-state index < -0.39 is 0 Å². The number of ketones is 1. The van der Waals surface area contributed by atoms with E-state index in [4.69, 9.17) is 0 Å². The molecule has 3 rings (SSSR count). The van der Waals surface area contributed by atoms with Crippen molar-refractivity contribution in [3.8, 4) is 0 Å². The zero-order valence-corrected chi connectivity index (χ0v) is 9.47. The molecule has 0 bridgehead atoms. The maximum absolute atomic E-state index is 11.6. The minimum Gasteiger partial charge on any atom is -0.294 e. The molecule has 1 heterocycles. The predicted octanol–water partition coefficient (Wildman–Crippen LogP) is 3.59. The molecule has 0 atom stereocenters. The fourth-order valence-electron chi connectivity index (χ4n) is 2.17. The number of rotatable bonds is 1. The Labute approximate surface area is 98.9 Å². The van der Waals surface area contributed by atoms with E-state index in [1.54, 1.807) is 6.92 Å². The van der Waals surface area contributed by atoms with E-state index >= 15 is 0 Å². The van der Waals surface area contributed by atoms with Crippen LogP contribution in [0.15, 0.2) is 48.7 Å². The topological polar surface area (TPSA) is 30.0 Å². The quantitative estimate of drug-likeness (QED) is 0.464. The van der Waals surface area contributed by atoms with Crippen LogP contribution < -0.4 is 0 Å². The van der Waals surface area contributed by atoms with Crippen LogP contribution in [0.3, 0.4) is 0 Å². The van der Waals surface area contributed by atoms with Crippen LogP contribution in [0.1, 0.15) is 17.3 Å². The Kier molecular flexibility index (Phi) is 2.15. The number of Topliss-reactive ketones (excluding diaryl/α,β-unsaturated/α-hetero) is 1. The van der Waals surface area contributed by atoms with Gasteiger partial charge in [0.05, 0.1) is 5.52 Å².